The minimum absolute atomic E-state index is 0. The summed E-state index contributed by atoms with van der Waals surface area (Å²) < 4.78 is 5.96. The summed E-state index contributed by atoms with van der Waals surface area (Å²) in [4.78, 5) is 20.3. The Hall–Kier alpha value is -1.98. The molecule has 0 saturated carbocycles. The van der Waals surface area contributed by atoms with Gasteiger partial charge in [0.2, 0.25) is 5.95 Å². The molecule has 0 bridgehead atoms. The monoisotopic (exact) mass is 565 g/mol. The molecular formula is C24H36IN7O. The molecule has 3 heterocycles. The second kappa shape index (κ2) is 13.7. The second-order valence-electron chi connectivity index (χ2n) is 8.45. The molecule has 1 aromatic carbocycles. The Morgan fingerprint density at radius 1 is 1.06 bits per heavy atom. The van der Waals surface area contributed by atoms with Gasteiger partial charge in [-0.2, -0.15) is 0 Å². The van der Waals surface area contributed by atoms with E-state index >= 15 is 0 Å². The zero-order valence-electron chi connectivity index (χ0n) is 19.5. The maximum Gasteiger partial charge on any atom is 0.225 e. The first-order valence-corrected chi connectivity index (χ1v) is 11.6. The van der Waals surface area contributed by atoms with Crippen molar-refractivity contribution in [1.29, 1.82) is 0 Å². The lowest BCUT2D eigenvalue weighted by atomic mass is 10.1. The number of hydrogen-bond donors (Lipinski definition) is 1. The Labute approximate surface area is 214 Å². The van der Waals surface area contributed by atoms with Crippen LogP contribution in [0, 0.1) is 5.92 Å². The van der Waals surface area contributed by atoms with E-state index in [2.05, 4.69) is 59.2 Å². The molecule has 2 aliphatic rings. The number of hydrogen-bond acceptors (Lipinski definition) is 6. The minimum atomic E-state index is 0. The van der Waals surface area contributed by atoms with Crippen LogP contribution in [0.25, 0.3) is 0 Å². The maximum absolute atomic E-state index is 5.96. The Morgan fingerprint density at radius 2 is 1.82 bits per heavy atom. The van der Waals surface area contributed by atoms with E-state index in [0.717, 1.165) is 77.3 Å². The van der Waals surface area contributed by atoms with E-state index in [0.29, 0.717) is 12.5 Å². The Balaban J connectivity index is 0.00000306. The number of guanidine groups is 1. The van der Waals surface area contributed by atoms with Crippen molar-refractivity contribution in [3.63, 3.8) is 0 Å². The summed E-state index contributed by atoms with van der Waals surface area (Å²) in [7, 11) is 1.88. The number of piperazine rings is 1. The van der Waals surface area contributed by atoms with Gasteiger partial charge in [0.25, 0.3) is 0 Å². The molecule has 0 amide bonds. The lowest BCUT2D eigenvalue weighted by molar-refractivity contribution is 0.0906. The second-order valence-corrected chi connectivity index (χ2v) is 8.45. The highest BCUT2D eigenvalue weighted by atomic mass is 127. The smallest absolute Gasteiger partial charge is 0.225 e. The molecule has 2 saturated heterocycles. The van der Waals surface area contributed by atoms with Crippen LogP contribution in [0.5, 0.6) is 0 Å². The summed E-state index contributed by atoms with van der Waals surface area (Å²) >= 11 is 0. The highest BCUT2D eigenvalue weighted by Gasteiger charge is 2.25. The van der Waals surface area contributed by atoms with E-state index in [1.165, 1.54) is 5.56 Å². The topological polar surface area (TPSA) is 69.1 Å². The van der Waals surface area contributed by atoms with Crippen molar-refractivity contribution < 1.29 is 4.74 Å². The molecule has 4 rings (SSSR count). The summed E-state index contributed by atoms with van der Waals surface area (Å²) in [5, 5.41) is 3.56. The first-order chi connectivity index (χ1) is 15.8. The van der Waals surface area contributed by atoms with Crippen molar-refractivity contribution in [3.8, 4) is 0 Å². The van der Waals surface area contributed by atoms with Gasteiger partial charge in [-0.1, -0.05) is 30.3 Å². The van der Waals surface area contributed by atoms with Gasteiger partial charge in [0.05, 0.1) is 13.2 Å². The van der Waals surface area contributed by atoms with Crippen molar-refractivity contribution in [2.24, 2.45) is 10.9 Å². The molecule has 0 aliphatic carbocycles. The number of nitrogens with one attached hydrogen (secondary N) is 1. The molecule has 8 nitrogen and oxygen atoms in total. The largest absolute Gasteiger partial charge is 0.376 e. The number of aliphatic imine (C=N–C) groups is 1. The van der Waals surface area contributed by atoms with Crippen LogP contribution in [0.15, 0.2) is 53.8 Å². The molecular weight excluding hydrogens is 529 g/mol. The van der Waals surface area contributed by atoms with Gasteiger partial charge in [0.15, 0.2) is 5.96 Å². The van der Waals surface area contributed by atoms with Crippen molar-refractivity contribution in [1.82, 2.24) is 25.1 Å². The number of ether oxygens (including phenoxy) is 1. The fourth-order valence-electron chi connectivity index (χ4n) is 4.36. The number of rotatable bonds is 8. The molecule has 2 aromatic rings. The van der Waals surface area contributed by atoms with Crippen LogP contribution in [0.3, 0.4) is 0 Å². The van der Waals surface area contributed by atoms with Gasteiger partial charge < -0.3 is 19.9 Å². The third-order valence-corrected chi connectivity index (χ3v) is 6.18. The molecule has 1 N–H and O–H groups in total. The molecule has 0 spiro atoms. The van der Waals surface area contributed by atoms with E-state index in [1.807, 2.05) is 31.6 Å². The molecule has 1 aromatic heterocycles. The van der Waals surface area contributed by atoms with Crippen LogP contribution < -0.4 is 10.2 Å². The first-order valence-electron chi connectivity index (χ1n) is 11.6. The van der Waals surface area contributed by atoms with Crippen molar-refractivity contribution in [3.05, 3.63) is 54.4 Å². The Kier molecular flexibility index (Phi) is 10.6. The SMILES string of the molecule is CN=C(NCCN1CCN(c2ncccn2)CC1)N1CCC(COCc2ccccc2)C1.I. The lowest BCUT2D eigenvalue weighted by Crippen LogP contribution is -2.50. The average molecular weight is 566 g/mol. The Bertz CT molecular complexity index is 831. The molecule has 180 valence electrons. The van der Waals surface area contributed by atoms with Gasteiger partial charge in [-0.3, -0.25) is 9.89 Å². The standard InChI is InChI=1S/C24H35N7O.HI/c1-25-23(31-12-8-22(18-31)20-32-19-21-6-3-2-4-7-21)28-11-13-29-14-16-30(17-15-29)24-26-9-5-10-27-24;/h2-7,9-10,22H,8,11-20H2,1H3,(H,25,28);1H. The van der Waals surface area contributed by atoms with E-state index < -0.39 is 0 Å². The van der Waals surface area contributed by atoms with Gasteiger partial charge in [0.1, 0.15) is 0 Å². The van der Waals surface area contributed by atoms with Gasteiger partial charge in [0, 0.05) is 77.7 Å². The van der Waals surface area contributed by atoms with Crippen molar-refractivity contribution in [2.75, 3.05) is 70.9 Å². The molecule has 2 fully saturated rings. The normalized spacial score (nSPS) is 19.4. The number of likely N-dealkylation sites (tertiary alicyclic amines) is 1. The lowest BCUT2D eigenvalue weighted by Gasteiger charge is -2.34. The predicted octanol–water partition coefficient (Wildman–Crippen LogP) is 2.33. The summed E-state index contributed by atoms with van der Waals surface area (Å²) in [5.74, 6) is 2.40. The van der Waals surface area contributed by atoms with E-state index in [-0.39, 0.29) is 24.0 Å². The van der Waals surface area contributed by atoms with Gasteiger partial charge >= 0.3 is 0 Å². The number of anilines is 1. The maximum atomic E-state index is 5.96. The van der Waals surface area contributed by atoms with Crippen molar-refractivity contribution in [2.45, 2.75) is 13.0 Å². The number of benzene rings is 1. The fourth-order valence-corrected chi connectivity index (χ4v) is 4.36. The summed E-state index contributed by atoms with van der Waals surface area (Å²) in [6, 6.07) is 12.2. The zero-order valence-corrected chi connectivity index (χ0v) is 21.8. The van der Waals surface area contributed by atoms with Gasteiger partial charge in [-0.05, 0) is 18.1 Å². The number of aromatic nitrogens is 2. The average Bonchev–Trinajstić information content (AvgIpc) is 3.32. The molecule has 0 radical (unpaired) electrons. The number of halogens is 1. The quantitative estimate of drug-likeness (QED) is 0.300. The third kappa shape index (κ3) is 7.79. The van der Waals surface area contributed by atoms with Gasteiger partial charge in [-0.15, -0.1) is 24.0 Å². The van der Waals surface area contributed by atoms with Crippen LogP contribution in [-0.2, 0) is 11.3 Å². The Morgan fingerprint density at radius 3 is 2.55 bits per heavy atom. The van der Waals surface area contributed by atoms with E-state index in [1.54, 1.807) is 0 Å². The van der Waals surface area contributed by atoms with Crippen LogP contribution >= 0.6 is 24.0 Å². The van der Waals surface area contributed by atoms with Crippen LogP contribution in [0.1, 0.15) is 12.0 Å². The summed E-state index contributed by atoms with van der Waals surface area (Å²) in [6.45, 7) is 9.45. The summed E-state index contributed by atoms with van der Waals surface area (Å²) in [6.07, 6.45) is 4.77. The molecule has 2 aliphatic heterocycles. The van der Waals surface area contributed by atoms with Gasteiger partial charge in [-0.25, -0.2) is 9.97 Å². The fraction of sp³-hybridized carbons (Fsp3) is 0.542. The molecule has 1 unspecified atom stereocenters. The highest BCUT2D eigenvalue weighted by molar-refractivity contribution is 14.0. The first kappa shape index (κ1) is 25.6. The molecule has 1 atom stereocenters. The molecule has 33 heavy (non-hydrogen) atoms. The van der Waals surface area contributed by atoms with Crippen molar-refractivity contribution >= 4 is 35.9 Å². The van der Waals surface area contributed by atoms with Crippen LogP contribution in [0.4, 0.5) is 5.95 Å². The molecule has 9 heteroatoms. The zero-order chi connectivity index (χ0) is 22.0. The van der Waals surface area contributed by atoms with Crippen LogP contribution in [0.2, 0.25) is 0 Å². The van der Waals surface area contributed by atoms with E-state index in [4.69, 9.17) is 4.74 Å². The highest BCUT2D eigenvalue weighted by Crippen LogP contribution is 2.17. The van der Waals surface area contributed by atoms with E-state index in [9.17, 15) is 0 Å². The predicted molar refractivity (Wildman–Crippen MR) is 143 cm³/mol. The van der Waals surface area contributed by atoms with Crippen LogP contribution in [-0.4, -0.2) is 91.7 Å². The minimum Gasteiger partial charge on any atom is -0.376 e. The summed E-state index contributed by atoms with van der Waals surface area (Å²) in [5.41, 5.74) is 1.23. The number of nitrogens with zero attached hydrogens (tertiary/aromatic N) is 6. The third-order valence-electron chi connectivity index (χ3n) is 6.18.